The predicted molar refractivity (Wildman–Crippen MR) is 210 cm³/mol. The summed E-state index contributed by atoms with van der Waals surface area (Å²) in [4.78, 5) is 14.8. The number of carbonyl (C=O) groups excluding carboxylic acids is 1. The molecule has 0 aromatic heterocycles. The lowest BCUT2D eigenvalue weighted by molar-refractivity contribution is -0.140. The van der Waals surface area contributed by atoms with Crippen molar-refractivity contribution in [2.24, 2.45) is 0 Å². The van der Waals surface area contributed by atoms with Gasteiger partial charge in [-0.1, -0.05) is 44.6 Å². The van der Waals surface area contributed by atoms with Crippen LogP contribution < -0.4 is 9.80 Å². The molecule has 2 heterocycles. The molecule has 2 aliphatic heterocycles. The van der Waals surface area contributed by atoms with Gasteiger partial charge in [-0.15, -0.1) is 0 Å². The van der Waals surface area contributed by atoms with Crippen molar-refractivity contribution >= 4 is 57.8 Å². The molecule has 0 spiro atoms. The van der Waals surface area contributed by atoms with Crippen molar-refractivity contribution in [3.63, 3.8) is 0 Å². The molecule has 0 saturated heterocycles. The van der Waals surface area contributed by atoms with E-state index in [-0.39, 0.29) is 42.1 Å². The normalized spacial score (nSPS) is 19.7. The van der Waals surface area contributed by atoms with E-state index in [2.05, 4.69) is 0 Å². The molecule has 0 amide bonds. The Bertz CT molecular complexity index is 2350. The minimum atomic E-state index is -4.60. The SMILES string of the molecule is COC(=O)CCCCC1(C)/C(=C/C=C/C=C/[C]2N(CCCS(=O)(=O)O)c3ccc(S(=O)(=O)O)cc3C2(C)C)N(CCCS(=O)(=O)O)c2ccc(S(=O)(=O)O)cc21. The molecule has 2 aliphatic rings. The monoisotopic (exact) mass is 859 g/mol. The molecule has 4 N–H and O–H groups in total. The summed E-state index contributed by atoms with van der Waals surface area (Å²) in [7, 11) is -16.4. The molecule has 56 heavy (non-hydrogen) atoms. The third-order valence-electron chi connectivity index (χ3n) is 10.0. The van der Waals surface area contributed by atoms with Gasteiger partial charge in [-0.2, -0.15) is 33.7 Å². The first kappa shape index (κ1) is 45.1. The van der Waals surface area contributed by atoms with E-state index < -0.39 is 68.8 Å². The first-order valence-electron chi connectivity index (χ1n) is 17.5. The first-order valence-corrected chi connectivity index (χ1v) is 23.6. The van der Waals surface area contributed by atoms with Crippen LogP contribution in [0, 0.1) is 6.04 Å². The topological polar surface area (TPSA) is 250 Å². The Morgan fingerprint density at radius 3 is 1.73 bits per heavy atom. The Morgan fingerprint density at radius 2 is 1.21 bits per heavy atom. The lowest BCUT2D eigenvalue weighted by atomic mass is 9.77. The maximum Gasteiger partial charge on any atom is 0.305 e. The van der Waals surface area contributed by atoms with E-state index >= 15 is 0 Å². The fourth-order valence-electron chi connectivity index (χ4n) is 7.27. The number of ether oxygens (including phenoxy) is 1. The average molecular weight is 860 g/mol. The van der Waals surface area contributed by atoms with E-state index in [4.69, 9.17) is 4.74 Å². The van der Waals surface area contributed by atoms with E-state index in [1.807, 2.05) is 25.7 Å². The lowest BCUT2D eigenvalue weighted by Gasteiger charge is -2.31. The second-order valence-electron chi connectivity index (χ2n) is 14.3. The van der Waals surface area contributed by atoms with Gasteiger partial charge in [0.1, 0.15) is 0 Å². The van der Waals surface area contributed by atoms with Crippen molar-refractivity contribution in [2.45, 2.75) is 79.9 Å². The third-order valence-corrected chi connectivity index (χ3v) is 13.3. The van der Waals surface area contributed by atoms with Crippen LogP contribution in [-0.4, -0.2) is 89.6 Å². The van der Waals surface area contributed by atoms with Crippen molar-refractivity contribution < 1.29 is 61.4 Å². The number of carbonyl (C=O) groups is 1. The highest BCUT2D eigenvalue weighted by Gasteiger charge is 2.45. The van der Waals surface area contributed by atoms with Crippen LogP contribution in [0.25, 0.3) is 0 Å². The van der Waals surface area contributed by atoms with Crippen LogP contribution >= 0.6 is 0 Å². The Kier molecular flexibility index (Phi) is 13.7. The Hall–Kier alpha value is -3.63. The number of anilines is 2. The number of fused-ring (bicyclic) bond motifs is 2. The highest BCUT2D eigenvalue weighted by Crippen LogP contribution is 2.52. The van der Waals surface area contributed by atoms with Gasteiger partial charge in [-0.3, -0.25) is 23.0 Å². The highest BCUT2D eigenvalue weighted by molar-refractivity contribution is 7.86. The molecule has 0 bridgehead atoms. The van der Waals surface area contributed by atoms with Crippen LogP contribution in [0.1, 0.15) is 70.4 Å². The molecule has 4 rings (SSSR count). The summed E-state index contributed by atoms with van der Waals surface area (Å²) < 4.78 is 138. The summed E-state index contributed by atoms with van der Waals surface area (Å²) in [6.07, 6.45) is 10.2. The van der Waals surface area contributed by atoms with E-state index in [0.29, 0.717) is 53.5 Å². The lowest BCUT2D eigenvalue weighted by Crippen LogP contribution is -2.33. The Balaban J connectivity index is 1.75. The summed E-state index contributed by atoms with van der Waals surface area (Å²) in [5.41, 5.74) is 1.14. The Labute approximate surface area is 328 Å². The number of esters is 1. The standard InChI is InChI=1S/C36H47N2O14S4/c1-35(2)28-24-26(55(46,47)48)15-17-30(28)37(20-10-22-53(40,41)42)32(35)12-6-5-7-13-33-36(3,19-9-8-14-34(39)52-4)29-25-27(56(49,50)51)16-18-31(29)38(33)21-11-23-54(43,44)45/h5-7,12-13,15-18,24-25H,8-11,14,19-23H2,1-4H3,(H,40,41,42)(H,43,44,45)(H,46,47,48)(H,49,50,51)/b7-5+,12-6+,33-13-. The molecular formula is C36H47N2O14S4. The average Bonchev–Trinajstić information content (AvgIpc) is 3.43. The van der Waals surface area contributed by atoms with Crippen LogP contribution in [0.2, 0.25) is 0 Å². The second-order valence-corrected chi connectivity index (χ2v) is 20.3. The number of methoxy groups -OCH3 is 1. The van der Waals surface area contributed by atoms with Gasteiger partial charge in [0.05, 0.1) is 34.4 Å². The maximum atomic E-state index is 12.2. The second kappa shape index (κ2) is 17.1. The number of hydrogen-bond donors (Lipinski definition) is 4. The van der Waals surface area contributed by atoms with E-state index in [1.54, 1.807) is 35.3 Å². The molecule has 0 aliphatic carbocycles. The zero-order valence-corrected chi connectivity index (χ0v) is 34.6. The largest absolute Gasteiger partial charge is 0.469 e. The number of benzene rings is 2. The highest BCUT2D eigenvalue weighted by atomic mass is 32.2. The van der Waals surface area contributed by atoms with Crippen molar-refractivity contribution in [1.29, 1.82) is 0 Å². The van der Waals surface area contributed by atoms with Crippen molar-refractivity contribution in [3.05, 3.63) is 89.6 Å². The van der Waals surface area contributed by atoms with Gasteiger partial charge >= 0.3 is 5.97 Å². The van der Waals surface area contributed by atoms with Gasteiger partial charge in [-0.25, -0.2) is 0 Å². The molecular weight excluding hydrogens is 813 g/mol. The molecule has 1 unspecified atom stereocenters. The molecule has 0 fully saturated rings. The van der Waals surface area contributed by atoms with Crippen LogP contribution in [0.3, 0.4) is 0 Å². The van der Waals surface area contributed by atoms with Gasteiger partial charge < -0.3 is 14.5 Å². The Morgan fingerprint density at radius 1 is 0.696 bits per heavy atom. The minimum Gasteiger partial charge on any atom is -0.469 e. The van der Waals surface area contributed by atoms with Crippen LogP contribution in [0.5, 0.6) is 0 Å². The van der Waals surface area contributed by atoms with Gasteiger partial charge in [0.15, 0.2) is 0 Å². The molecule has 20 heteroatoms. The summed E-state index contributed by atoms with van der Waals surface area (Å²) >= 11 is 0. The van der Waals surface area contributed by atoms with Crippen molar-refractivity contribution in [1.82, 2.24) is 0 Å². The van der Waals surface area contributed by atoms with E-state index in [1.165, 1.54) is 43.5 Å². The number of unbranched alkanes of at least 4 members (excludes halogenated alkanes) is 1. The van der Waals surface area contributed by atoms with Gasteiger partial charge in [0.2, 0.25) is 0 Å². The van der Waals surface area contributed by atoms with Crippen LogP contribution in [0.4, 0.5) is 11.4 Å². The van der Waals surface area contributed by atoms with E-state index in [0.717, 1.165) is 0 Å². The van der Waals surface area contributed by atoms with Crippen LogP contribution in [-0.2, 0) is 60.8 Å². The minimum absolute atomic E-state index is 0.0123. The van der Waals surface area contributed by atoms with Crippen molar-refractivity contribution in [2.75, 3.05) is 41.5 Å². The number of nitrogens with zero attached hydrogens (tertiary/aromatic N) is 2. The number of hydrogen-bond acceptors (Lipinski definition) is 12. The fourth-order valence-corrected chi connectivity index (χ4v) is 9.27. The zero-order chi connectivity index (χ0) is 41.9. The maximum absolute atomic E-state index is 12.2. The molecule has 1 radical (unpaired) electrons. The van der Waals surface area contributed by atoms with E-state index in [9.17, 15) is 56.7 Å². The quantitative estimate of drug-likeness (QED) is 0.0675. The first-order chi connectivity index (χ1) is 25.8. The number of allylic oxidation sites excluding steroid dienone is 5. The molecule has 2 aromatic carbocycles. The number of rotatable bonds is 18. The molecule has 16 nitrogen and oxygen atoms in total. The fraction of sp³-hybridized carbons (Fsp3) is 0.444. The molecule has 2 aromatic rings. The zero-order valence-electron chi connectivity index (χ0n) is 31.3. The van der Waals surface area contributed by atoms with Crippen LogP contribution in [0.15, 0.2) is 82.3 Å². The summed E-state index contributed by atoms with van der Waals surface area (Å²) in [5, 5.41) is 0. The van der Waals surface area contributed by atoms with Crippen molar-refractivity contribution in [3.8, 4) is 0 Å². The summed E-state index contributed by atoms with van der Waals surface area (Å²) in [6, 6.07) is 8.89. The summed E-state index contributed by atoms with van der Waals surface area (Å²) in [6.45, 7) is 5.79. The molecule has 0 saturated carbocycles. The summed E-state index contributed by atoms with van der Waals surface area (Å²) in [5.74, 6) is -1.44. The third kappa shape index (κ3) is 10.9. The smallest absolute Gasteiger partial charge is 0.305 e. The van der Waals surface area contributed by atoms with Gasteiger partial charge in [0.25, 0.3) is 40.5 Å². The van der Waals surface area contributed by atoms with Gasteiger partial charge in [0, 0.05) is 47.4 Å². The molecule has 309 valence electrons. The van der Waals surface area contributed by atoms with Gasteiger partial charge in [-0.05, 0) is 86.2 Å². The molecule has 1 atom stereocenters. The predicted octanol–water partition coefficient (Wildman–Crippen LogP) is 4.87.